The topological polar surface area (TPSA) is 32.3 Å². The average molecular weight is 202 g/mol. The van der Waals surface area contributed by atoms with Gasteiger partial charge in [0.05, 0.1) is 17.6 Å². The SMILES string of the molecule is O=C1NN(c2ccccc2)C2CCCC12. The lowest BCUT2D eigenvalue weighted by molar-refractivity contribution is -0.122. The molecular formula is C12H14N2O. The summed E-state index contributed by atoms with van der Waals surface area (Å²) in [6.07, 6.45) is 3.34. The van der Waals surface area contributed by atoms with Crippen molar-refractivity contribution in [1.29, 1.82) is 0 Å². The molecule has 3 rings (SSSR count). The van der Waals surface area contributed by atoms with E-state index in [1.807, 2.05) is 35.3 Å². The van der Waals surface area contributed by atoms with E-state index in [0.29, 0.717) is 6.04 Å². The lowest BCUT2D eigenvalue weighted by atomic mass is 10.1. The van der Waals surface area contributed by atoms with Crippen molar-refractivity contribution in [3.05, 3.63) is 30.3 Å². The molecule has 1 amide bonds. The number of benzene rings is 1. The van der Waals surface area contributed by atoms with Gasteiger partial charge in [0.1, 0.15) is 0 Å². The number of carbonyl (C=O) groups is 1. The van der Waals surface area contributed by atoms with Crippen LogP contribution in [0.15, 0.2) is 30.3 Å². The number of fused-ring (bicyclic) bond motifs is 1. The molecule has 2 atom stereocenters. The lowest BCUT2D eigenvalue weighted by Gasteiger charge is -2.24. The van der Waals surface area contributed by atoms with Crippen LogP contribution in [0.25, 0.3) is 0 Å². The van der Waals surface area contributed by atoms with Crippen LogP contribution in [-0.2, 0) is 4.79 Å². The van der Waals surface area contributed by atoms with Gasteiger partial charge in [0.25, 0.3) is 0 Å². The van der Waals surface area contributed by atoms with E-state index in [4.69, 9.17) is 0 Å². The van der Waals surface area contributed by atoms with E-state index in [-0.39, 0.29) is 11.8 Å². The predicted molar refractivity (Wildman–Crippen MR) is 58.2 cm³/mol. The first-order valence-corrected chi connectivity index (χ1v) is 5.51. The molecule has 1 saturated carbocycles. The minimum Gasteiger partial charge on any atom is -0.282 e. The second kappa shape index (κ2) is 3.26. The minimum atomic E-state index is 0.196. The van der Waals surface area contributed by atoms with Crippen LogP contribution >= 0.6 is 0 Å². The Labute approximate surface area is 89.1 Å². The monoisotopic (exact) mass is 202 g/mol. The van der Waals surface area contributed by atoms with Crippen LogP contribution in [-0.4, -0.2) is 11.9 Å². The highest BCUT2D eigenvalue weighted by atomic mass is 16.2. The number of hydrazine groups is 1. The first kappa shape index (κ1) is 8.77. The third-order valence-corrected chi connectivity index (χ3v) is 3.41. The Hall–Kier alpha value is -1.51. The van der Waals surface area contributed by atoms with Crippen molar-refractivity contribution >= 4 is 11.6 Å². The Bertz CT molecular complexity index is 376. The number of anilines is 1. The largest absolute Gasteiger partial charge is 0.282 e. The van der Waals surface area contributed by atoms with Gasteiger partial charge in [-0.05, 0) is 25.0 Å². The van der Waals surface area contributed by atoms with E-state index < -0.39 is 0 Å². The number of carbonyl (C=O) groups excluding carboxylic acids is 1. The van der Waals surface area contributed by atoms with Crippen LogP contribution < -0.4 is 10.4 Å². The van der Waals surface area contributed by atoms with Crippen molar-refractivity contribution in [3.8, 4) is 0 Å². The molecule has 2 unspecified atom stereocenters. The number of para-hydroxylation sites is 1. The van der Waals surface area contributed by atoms with Gasteiger partial charge < -0.3 is 0 Å². The summed E-state index contributed by atoms with van der Waals surface area (Å²) < 4.78 is 0. The third-order valence-electron chi connectivity index (χ3n) is 3.41. The molecule has 15 heavy (non-hydrogen) atoms. The maximum absolute atomic E-state index is 11.7. The number of rotatable bonds is 1. The van der Waals surface area contributed by atoms with Crippen LogP contribution in [0.2, 0.25) is 0 Å². The summed E-state index contributed by atoms with van der Waals surface area (Å²) in [5, 5.41) is 2.04. The average Bonchev–Trinajstić information content (AvgIpc) is 2.84. The Morgan fingerprint density at radius 3 is 2.80 bits per heavy atom. The molecule has 2 fully saturated rings. The Balaban J connectivity index is 1.92. The molecule has 0 bridgehead atoms. The number of hydrogen-bond acceptors (Lipinski definition) is 2. The number of nitrogens with one attached hydrogen (secondary N) is 1. The predicted octanol–water partition coefficient (Wildman–Crippen LogP) is 1.71. The first-order valence-electron chi connectivity index (χ1n) is 5.51. The summed E-state index contributed by atoms with van der Waals surface area (Å²) in [7, 11) is 0. The van der Waals surface area contributed by atoms with Gasteiger partial charge in [-0.1, -0.05) is 24.6 Å². The first-order chi connectivity index (χ1) is 7.36. The molecule has 1 aromatic carbocycles. The molecule has 2 aliphatic rings. The van der Waals surface area contributed by atoms with Crippen LogP contribution in [0.5, 0.6) is 0 Å². The van der Waals surface area contributed by atoms with Gasteiger partial charge in [-0.3, -0.25) is 15.2 Å². The van der Waals surface area contributed by atoms with Gasteiger partial charge in [0.2, 0.25) is 5.91 Å². The van der Waals surface area contributed by atoms with E-state index in [0.717, 1.165) is 18.5 Å². The Morgan fingerprint density at radius 1 is 1.20 bits per heavy atom. The molecule has 1 heterocycles. The highest BCUT2D eigenvalue weighted by Gasteiger charge is 2.43. The summed E-state index contributed by atoms with van der Waals surface area (Å²) in [5.41, 5.74) is 4.06. The smallest absolute Gasteiger partial charge is 0.243 e. The van der Waals surface area contributed by atoms with Gasteiger partial charge in [0, 0.05) is 0 Å². The van der Waals surface area contributed by atoms with E-state index in [1.165, 1.54) is 6.42 Å². The van der Waals surface area contributed by atoms with Crippen LogP contribution in [0.4, 0.5) is 5.69 Å². The molecule has 1 N–H and O–H groups in total. The molecule has 1 aliphatic heterocycles. The standard InChI is InChI=1S/C12H14N2O/c15-12-10-7-4-8-11(10)14(13-12)9-5-2-1-3-6-9/h1-3,5-6,10-11H,4,7-8H2,(H,13,15). The fraction of sp³-hybridized carbons (Fsp3) is 0.417. The Kier molecular flexibility index (Phi) is 1.91. The summed E-state index contributed by atoms with van der Waals surface area (Å²) in [6.45, 7) is 0. The zero-order valence-electron chi connectivity index (χ0n) is 8.52. The number of nitrogens with zero attached hydrogens (tertiary/aromatic N) is 1. The van der Waals surface area contributed by atoms with Crippen LogP contribution in [0.3, 0.4) is 0 Å². The summed E-state index contributed by atoms with van der Waals surface area (Å²) in [6, 6.07) is 10.5. The van der Waals surface area contributed by atoms with E-state index in [1.54, 1.807) is 0 Å². The zero-order valence-corrected chi connectivity index (χ0v) is 8.52. The molecule has 1 aromatic rings. The zero-order chi connectivity index (χ0) is 10.3. The van der Waals surface area contributed by atoms with E-state index in [9.17, 15) is 4.79 Å². The highest BCUT2D eigenvalue weighted by Crippen LogP contribution is 2.35. The van der Waals surface area contributed by atoms with Gasteiger partial charge in [-0.25, -0.2) is 0 Å². The molecular weight excluding hydrogens is 188 g/mol. The van der Waals surface area contributed by atoms with E-state index in [2.05, 4.69) is 5.43 Å². The lowest BCUT2D eigenvalue weighted by Crippen LogP contribution is -2.38. The number of hydrogen-bond donors (Lipinski definition) is 1. The fourth-order valence-electron chi connectivity index (χ4n) is 2.68. The third kappa shape index (κ3) is 1.30. The van der Waals surface area contributed by atoms with Gasteiger partial charge >= 0.3 is 0 Å². The molecule has 3 nitrogen and oxygen atoms in total. The molecule has 0 aromatic heterocycles. The van der Waals surface area contributed by atoms with Crippen molar-refractivity contribution in [1.82, 2.24) is 5.43 Å². The van der Waals surface area contributed by atoms with Crippen molar-refractivity contribution < 1.29 is 4.79 Å². The van der Waals surface area contributed by atoms with Crippen LogP contribution in [0.1, 0.15) is 19.3 Å². The van der Waals surface area contributed by atoms with Crippen molar-refractivity contribution in [2.75, 3.05) is 5.01 Å². The second-order valence-corrected chi connectivity index (χ2v) is 4.29. The summed E-state index contributed by atoms with van der Waals surface area (Å²) in [4.78, 5) is 11.7. The quantitative estimate of drug-likeness (QED) is 0.751. The van der Waals surface area contributed by atoms with E-state index >= 15 is 0 Å². The van der Waals surface area contributed by atoms with Gasteiger partial charge in [-0.2, -0.15) is 0 Å². The maximum atomic E-state index is 11.7. The normalized spacial score (nSPS) is 29.1. The molecule has 0 spiro atoms. The minimum absolute atomic E-state index is 0.196. The molecule has 1 saturated heterocycles. The van der Waals surface area contributed by atoms with Crippen molar-refractivity contribution in [3.63, 3.8) is 0 Å². The van der Waals surface area contributed by atoms with Gasteiger partial charge in [0.15, 0.2) is 0 Å². The Morgan fingerprint density at radius 2 is 2.00 bits per heavy atom. The molecule has 1 aliphatic carbocycles. The van der Waals surface area contributed by atoms with Crippen molar-refractivity contribution in [2.24, 2.45) is 5.92 Å². The van der Waals surface area contributed by atoms with Crippen molar-refractivity contribution in [2.45, 2.75) is 25.3 Å². The highest BCUT2D eigenvalue weighted by molar-refractivity contribution is 5.85. The molecule has 0 radical (unpaired) electrons. The summed E-state index contributed by atoms with van der Waals surface area (Å²) >= 11 is 0. The summed E-state index contributed by atoms with van der Waals surface area (Å²) in [5.74, 6) is 0.409. The van der Waals surface area contributed by atoms with Crippen LogP contribution in [0, 0.1) is 5.92 Å². The van der Waals surface area contributed by atoms with Gasteiger partial charge in [-0.15, -0.1) is 0 Å². The second-order valence-electron chi connectivity index (χ2n) is 4.29. The fourth-order valence-corrected chi connectivity index (χ4v) is 2.68. The number of amides is 1. The molecule has 3 heteroatoms. The molecule has 78 valence electrons. The maximum Gasteiger partial charge on any atom is 0.243 e.